The lowest BCUT2D eigenvalue weighted by Gasteiger charge is -2.04. The number of Topliss-reactive ketones (excluding diaryl/α,β-unsaturated/α-hetero) is 1. The molecule has 0 aliphatic heterocycles. The maximum Gasteiger partial charge on any atom is 0.260 e. The molecule has 1 N–H and O–H groups in total. The lowest BCUT2D eigenvalue weighted by molar-refractivity contribution is 0.101. The molecule has 1 aromatic carbocycles. The van der Waals surface area contributed by atoms with Crippen molar-refractivity contribution in [2.75, 3.05) is 0 Å². The van der Waals surface area contributed by atoms with Gasteiger partial charge in [-0.05, 0) is 30.2 Å². The number of fused-ring (bicyclic) bond motifs is 1. The fraction of sp³-hybridized carbons (Fsp3) is 0.278. The van der Waals surface area contributed by atoms with Crippen LogP contribution in [0, 0.1) is 5.92 Å². The van der Waals surface area contributed by atoms with Gasteiger partial charge in [0.15, 0.2) is 5.78 Å². The van der Waals surface area contributed by atoms with Gasteiger partial charge >= 0.3 is 0 Å². The summed E-state index contributed by atoms with van der Waals surface area (Å²) in [6, 6.07) is 7.12. The molecule has 0 saturated carbocycles. The molecule has 23 heavy (non-hydrogen) atoms. The SMILES string of the molecule is CC(=O)c1ccc(-c2nc3scc(CC(C)C)c3c(=O)[nH]2)cc1. The summed E-state index contributed by atoms with van der Waals surface area (Å²) in [5, 5.41) is 2.73. The number of carbonyl (C=O) groups is 1. The first kappa shape index (κ1) is 15.6. The van der Waals surface area contributed by atoms with E-state index in [1.54, 1.807) is 12.1 Å². The first-order valence-electron chi connectivity index (χ1n) is 7.57. The van der Waals surface area contributed by atoms with Crippen LogP contribution in [0.3, 0.4) is 0 Å². The topological polar surface area (TPSA) is 62.8 Å². The molecule has 0 unspecified atom stereocenters. The number of aromatic nitrogens is 2. The minimum Gasteiger partial charge on any atom is -0.306 e. The molecule has 0 aliphatic carbocycles. The molecule has 0 saturated heterocycles. The van der Waals surface area contributed by atoms with E-state index in [0.29, 0.717) is 22.7 Å². The van der Waals surface area contributed by atoms with Gasteiger partial charge < -0.3 is 4.98 Å². The Balaban J connectivity index is 2.06. The van der Waals surface area contributed by atoms with Gasteiger partial charge in [0.2, 0.25) is 0 Å². The van der Waals surface area contributed by atoms with Crippen LogP contribution in [0.5, 0.6) is 0 Å². The Morgan fingerprint density at radius 3 is 2.57 bits per heavy atom. The Hall–Kier alpha value is -2.27. The molecule has 0 bridgehead atoms. The van der Waals surface area contributed by atoms with E-state index in [-0.39, 0.29) is 11.3 Å². The Bertz CT molecular complexity index is 920. The second kappa shape index (κ2) is 6.08. The van der Waals surface area contributed by atoms with Crippen molar-refractivity contribution in [3.05, 3.63) is 51.1 Å². The molecule has 0 atom stereocenters. The summed E-state index contributed by atoms with van der Waals surface area (Å²) in [6.07, 6.45) is 0.872. The summed E-state index contributed by atoms with van der Waals surface area (Å²) in [7, 11) is 0. The van der Waals surface area contributed by atoms with Crippen LogP contribution in [0.25, 0.3) is 21.6 Å². The van der Waals surface area contributed by atoms with Crippen LogP contribution < -0.4 is 5.56 Å². The molecule has 3 aromatic rings. The van der Waals surface area contributed by atoms with E-state index >= 15 is 0 Å². The monoisotopic (exact) mass is 326 g/mol. The molecular weight excluding hydrogens is 308 g/mol. The zero-order valence-electron chi connectivity index (χ0n) is 13.3. The zero-order valence-corrected chi connectivity index (χ0v) is 14.2. The summed E-state index contributed by atoms with van der Waals surface area (Å²) < 4.78 is 0. The van der Waals surface area contributed by atoms with Crippen LogP contribution in [0.15, 0.2) is 34.4 Å². The molecule has 0 fully saturated rings. The average molecular weight is 326 g/mol. The predicted octanol–water partition coefficient (Wildman–Crippen LogP) is 4.05. The number of carbonyl (C=O) groups excluding carboxylic acids is 1. The quantitative estimate of drug-likeness (QED) is 0.736. The molecule has 4 nitrogen and oxygen atoms in total. The number of rotatable bonds is 4. The van der Waals surface area contributed by atoms with E-state index in [9.17, 15) is 9.59 Å². The number of aromatic amines is 1. The molecule has 2 heterocycles. The highest BCUT2D eigenvalue weighted by Crippen LogP contribution is 2.25. The second-order valence-electron chi connectivity index (χ2n) is 6.09. The van der Waals surface area contributed by atoms with Gasteiger partial charge in [0, 0.05) is 11.1 Å². The standard InChI is InChI=1S/C18H18N2O2S/c1-10(2)8-14-9-23-18-15(14)17(22)19-16(20-18)13-6-4-12(5-7-13)11(3)21/h4-7,9-10H,8H2,1-3H3,(H,19,20,22). The first-order chi connectivity index (χ1) is 11.0. The van der Waals surface area contributed by atoms with Gasteiger partial charge in [0.1, 0.15) is 10.7 Å². The fourth-order valence-electron chi connectivity index (χ4n) is 2.60. The number of ketones is 1. The smallest absolute Gasteiger partial charge is 0.260 e. The van der Waals surface area contributed by atoms with Crippen LogP contribution in [-0.4, -0.2) is 15.8 Å². The van der Waals surface area contributed by atoms with Crippen LogP contribution in [-0.2, 0) is 6.42 Å². The van der Waals surface area contributed by atoms with E-state index in [1.165, 1.54) is 18.3 Å². The van der Waals surface area contributed by atoms with Gasteiger partial charge in [-0.1, -0.05) is 38.1 Å². The molecular formula is C18H18N2O2S. The molecule has 0 aliphatic rings. The third-order valence-corrected chi connectivity index (χ3v) is 4.63. The van der Waals surface area contributed by atoms with Crippen LogP contribution in [0.4, 0.5) is 0 Å². The number of nitrogens with zero attached hydrogens (tertiary/aromatic N) is 1. The lowest BCUT2D eigenvalue weighted by atomic mass is 10.0. The number of thiophene rings is 1. The van der Waals surface area contributed by atoms with Gasteiger partial charge in [-0.15, -0.1) is 11.3 Å². The predicted molar refractivity (Wildman–Crippen MR) is 94.2 cm³/mol. The maximum absolute atomic E-state index is 12.5. The Morgan fingerprint density at radius 1 is 1.26 bits per heavy atom. The van der Waals surface area contributed by atoms with Crippen molar-refractivity contribution in [1.82, 2.24) is 9.97 Å². The second-order valence-corrected chi connectivity index (χ2v) is 6.95. The van der Waals surface area contributed by atoms with E-state index in [0.717, 1.165) is 22.4 Å². The van der Waals surface area contributed by atoms with Crippen molar-refractivity contribution >= 4 is 27.3 Å². The molecule has 3 rings (SSSR count). The Kier molecular flexibility index (Phi) is 4.13. The maximum atomic E-state index is 12.5. The first-order valence-corrected chi connectivity index (χ1v) is 8.45. The van der Waals surface area contributed by atoms with E-state index in [2.05, 4.69) is 23.8 Å². The number of hydrogen-bond donors (Lipinski definition) is 1. The van der Waals surface area contributed by atoms with Crippen LogP contribution in [0.1, 0.15) is 36.7 Å². The van der Waals surface area contributed by atoms with E-state index in [1.807, 2.05) is 17.5 Å². The molecule has 118 valence electrons. The van der Waals surface area contributed by atoms with Crippen LogP contribution in [0.2, 0.25) is 0 Å². The number of hydrogen-bond acceptors (Lipinski definition) is 4. The summed E-state index contributed by atoms with van der Waals surface area (Å²) in [5.74, 6) is 1.05. The summed E-state index contributed by atoms with van der Waals surface area (Å²) >= 11 is 1.50. The Labute approximate surface area is 138 Å². The fourth-order valence-corrected chi connectivity index (χ4v) is 3.55. The third kappa shape index (κ3) is 3.10. The zero-order chi connectivity index (χ0) is 16.6. The minimum absolute atomic E-state index is 0.0186. The summed E-state index contributed by atoms with van der Waals surface area (Å²) in [5.41, 5.74) is 2.41. The van der Waals surface area contributed by atoms with Crippen molar-refractivity contribution in [2.45, 2.75) is 27.2 Å². The largest absolute Gasteiger partial charge is 0.306 e. The lowest BCUT2D eigenvalue weighted by Crippen LogP contribution is -2.10. The van der Waals surface area contributed by atoms with Crippen LogP contribution >= 0.6 is 11.3 Å². The van der Waals surface area contributed by atoms with Crippen molar-refractivity contribution in [1.29, 1.82) is 0 Å². The van der Waals surface area contributed by atoms with E-state index in [4.69, 9.17) is 0 Å². The third-order valence-electron chi connectivity index (χ3n) is 3.71. The van der Waals surface area contributed by atoms with Gasteiger partial charge in [-0.2, -0.15) is 0 Å². The average Bonchev–Trinajstić information content (AvgIpc) is 2.90. The number of H-pyrrole nitrogens is 1. The number of benzene rings is 1. The molecule has 0 amide bonds. The van der Waals surface area contributed by atoms with Gasteiger partial charge in [0.25, 0.3) is 5.56 Å². The summed E-state index contributed by atoms with van der Waals surface area (Å²) in [4.78, 5) is 32.0. The summed E-state index contributed by atoms with van der Waals surface area (Å²) in [6.45, 7) is 5.80. The van der Waals surface area contributed by atoms with Crippen molar-refractivity contribution in [3.63, 3.8) is 0 Å². The molecule has 2 aromatic heterocycles. The molecule has 5 heteroatoms. The van der Waals surface area contributed by atoms with Gasteiger partial charge in [-0.25, -0.2) is 4.98 Å². The van der Waals surface area contributed by atoms with Gasteiger partial charge in [-0.3, -0.25) is 9.59 Å². The van der Waals surface area contributed by atoms with Crippen molar-refractivity contribution in [2.24, 2.45) is 5.92 Å². The highest BCUT2D eigenvalue weighted by Gasteiger charge is 2.13. The highest BCUT2D eigenvalue weighted by molar-refractivity contribution is 7.16. The van der Waals surface area contributed by atoms with Gasteiger partial charge in [0.05, 0.1) is 5.39 Å². The Morgan fingerprint density at radius 2 is 1.96 bits per heavy atom. The van der Waals surface area contributed by atoms with Crippen molar-refractivity contribution < 1.29 is 4.79 Å². The highest BCUT2D eigenvalue weighted by atomic mass is 32.1. The normalized spacial score (nSPS) is 11.3. The van der Waals surface area contributed by atoms with E-state index < -0.39 is 0 Å². The minimum atomic E-state index is -0.0995. The van der Waals surface area contributed by atoms with Crippen molar-refractivity contribution in [3.8, 4) is 11.4 Å². The molecule has 0 spiro atoms. The molecule has 0 radical (unpaired) electrons. The number of nitrogens with one attached hydrogen (secondary N) is 1.